The summed E-state index contributed by atoms with van der Waals surface area (Å²) in [6.45, 7) is 0. The number of carbonyl (C=O) groups is 1. The van der Waals surface area contributed by atoms with E-state index in [0.717, 1.165) is 0 Å². The van der Waals surface area contributed by atoms with Crippen molar-refractivity contribution in [3.63, 3.8) is 0 Å². The minimum absolute atomic E-state index is 0.125. The monoisotopic (exact) mass is 398 g/mol. The fourth-order valence-electron chi connectivity index (χ4n) is 2.47. The van der Waals surface area contributed by atoms with Crippen LogP contribution >= 0.6 is 23.2 Å². The molecule has 138 valence electrons. The summed E-state index contributed by atoms with van der Waals surface area (Å²) in [4.78, 5) is 10.6. The van der Waals surface area contributed by atoms with E-state index >= 15 is 0 Å². The summed E-state index contributed by atoms with van der Waals surface area (Å²) < 4.78 is 13.2. The van der Waals surface area contributed by atoms with E-state index < -0.39 is 24.6 Å². The van der Waals surface area contributed by atoms with Crippen LogP contribution in [0.4, 0.5) is 4.39 Å². The van der Waals surface area contributed by atoms with Gasteiger partial charge in [0.15, 0.2) is 0 Å². The molecule has 7 heteroatoms. The molecule has 0 aliphatic carbocycles. The molecular formula is C19H17Cl2FO4. The zero-order valence-electron chi connectivity index (χ0n) is 13.6. The van der Waals surface area contributed by atoms with Gasteiger partial charge in [0, 0.05) is 22.0 Å². The van der Waals surface area contributed by atoms with Crippen molar-refractivity contribution in [3.8, 4) is 11.1 Å². The van der Waals surface area contributed by atoms with E-state index in [1.54, 1.807) is 30.3 Å². The molecule has 0 bridgehead atoms. The lowest BCUT2D eigenvalue weighted by Gasteiger charge is -2.12. The lowest BCUT2D eigenvalue weighted by molar-refractivity contribution is -0.139. The maximum atomic E-state index is 13.2. The van der Waals surface area contributed by atoms with Gasteiger partial charge >= 0.3 is 5.97 Å². The summed E-state index contributed by atoms with van der Waals surface area (Å²) in [6.07, 6.45) is 0.178. The smallest absolute Gasteiger partial charge is 0.305 e. The number of benzene rings is 2. The number of hydrogen-bond acceptors (Lipinski definition) is 3. The molecule has 0 saturated heterocycles. The average molecular weight is 399 g/mol. The van der Waals surface area contributed by atoms with Crippen LogP contribution in [0.15, 0.2) is 42.5 Å². The standard InChI is InChI=1S/C19H17Cl2FO4/c20-12-7-17(11-1-3-13(22)4-2-11)16(18(21)8-12)6-5-14(23)9-15(24)10-19(25)26/h1-8,14-15,23-24H,9-10H2,(H,25,26)/b6-5+/t14-,15-/m1/s1. The third kappa shape index (κ3) is 5.81. The Morgan fingerprint density at radius 2 is 1.81 bits per heavy atom. The van der Waals surface area contributed by atoms with Crippen LogP contribution in [-0.4, -0.2) is 33.5 Å². The quantitative estimate of drug-likeness (QED) is 0.645. The van der Waals surface area contributed by atoms with Crippen molar-refractivity contribution in [2.24, 2.45) is 0 Å². The van der Waals surface area contributed by atoms with Crippen molar-refractivity contribution in [3.05, 3.63) is 63.9 Å². The van der Waals surface area contributed by atoms with Gasteiger partial charge in [-0.3, -0.25) is 4.79 Å². The van der Waals surface area contributed by atoms with E-state index in [2.05, 4.69) is 0 Å². The minimum atomic E-state index is -1.16. The van der Waals surface area contributed by atoms with Crippen molar-refractivity contribution in [2.75, 3.05) is 0 Å². The molecule has 3 N–H and O–H groups in total. The van der Waals surface area contributed by atoms with Gasteiger partial charge in [-0.2, -0.15) is 0 Å². The van der Waals surface area contributed by atoms with Gasteiger partial charge in [0.05, 0.1) is 18.6 Å². The number of carboxylic acids is 1. The second kappa shape index (κ2) is 9.14. The van der Waals surface area contributed by atoms with Crippen molar-refractivity contribution in [1.82, 2.24) is 0 Å². The van der Waals surface area contributed by atoms with Gasteiger partial charge in [-0.05, 0) is 35.4 Å². The number of aliphatic carboxylic acids is 1. The highest BCUT2D eigenvalue weighted by atomic mass is 35.5. The Labute approximate surface area is 160 Å². The van der Waals surface area contributed by atoms with Crippen LogP contribution in [0.5, 0.6) is 0 Å². The lowest BCUT2D eigenvalue weighted by Crippen LogP contribution is -2.19. The molecule has 0 spiro atoms. The summed E-state index contributed by atoms with van der Waals surface area (Å²) in [6, 6.07) is 9.01. The predicted octanol–water partition coefficient (Wildman–Crippen LogP) is 4.40. The second-order valence-corrected chi connectivity index (χ2v) is 6.61. The van der Waals surface area contributed by atoms with Gasteiger partial charge in [0.25, 0.3) is 0 Å². The average Bonchev–Trinajstić information content (AvgIpc) is 2.53. The molecule has 2 atom stereocenters. The molecule has 4 nitrogen and oxygen atoms in total. The first-order chi connectivity index (χ1) is 12.3. The van der Waals surface area contributed by atoms with Crippen molar-refractivity contribution in [2.45, 2.75) is 25.0 Å². The van der Waals surface area contributed by atoms with Crippen LogP contribution in [0, 0.1) is 5.82 Å². The van der Waals surface area contributed by atoms with Gasteiger partial charge in [0.1, 0.15) is 5.82 Å². The van der Waals surface area contributed by atoms with E-state index in [9.17, 15) is 19.4 Å². The molecule has 0 saturated carbocycles. The first-order valence-corrected chi connectivity index (χ1v) is 8.53. The highest BCUT2D eigenvalue weighted by molar-refractivity contribution is 6.36. The van der Waals surface area contributed by atoms with E-state index in [-0.39, 0.29) is 12.2 Å². The number of aliphatic hydroxyl groups excluding tert-OH is 2. The Kier molecular flexibility index (Phi) is 7.17. The summed E-state index contributed by atoms with van der Waals surface area (Å²) in [5.74, 6) is -1.52. The Balaban J connectivity index is 2.28. The second-order valence-electron chi connectivity index (χ2n) is 5.77. The maximum absolute atomic E-state index is 13.2. The molecule has 2 rings (SSSR count). The Hall–Kier alpha value is -1.92. The van der Waals surface area contributed by atoms with Crippen LogP contribution in [0.25, 0.3) is 17.2 Å². The van der Waals surface area contributed by atoms with E-state index in [4.69, 9.17) is 28.3 Å². The summed E-state index contributed by atoms with van der Waals surface area (Å²) >= 11 is 12.3. The van der Waals surface area contributed by atoms with E-state index in [1.165, 1.54) is 18.2 Å². The highest BCUT2D eigenvalue weighted by Gasteiger charge is 2.14. The van der Waals surface area contributed by atoms with Crippen molar-refractivity contribution in [1.29, 1.82) is 0 Å². The van der Waals surface area contributed by atoms with E-state index in [0.29, 0.717) is 26.7 Å². The predicted molar refractivity (Wildman–Crippen MR) is 99.8 cm³/mol. The van der Waals surface area contributed by atoms with Crippen LogP contribution in [0.2, 0.25) is 10.0 Å². The van der Waals surface area contributed by atoms with Gasteiger partial charge < -0.3 is 15.3 Å². The van der Waals surface area contributed by atoms with Crippen LogP contribution < -0.4 is 0 Å². The van der Waals surface area contributed by atoms with Gasteiger partial charge in [-0.1, -0.05) is 47.5 Å². The number of rotatable bonds is 7. The summed E-state index contributed by atoms with van der Waals surface area (Å²) in [5, 5.41) is 28.9. The zero-order chi connectivity index (χ0) is 19.3. The van der Waals surface area contributed by atoms with Crippen LogP contribution in [0.1, 0.15) is 18.4 Å². The molecule has 0 fully saturated rings. The minimum Gasteiger partial charge on any atom is -0.481 e. The molecule has 2 aromatic carbocycles. The summed E-state index contributed by atoms with van der Waals surface area (Å²) in [7, 11) is 0. The topological polar surface area (TPSA) is 77.8 Å². The van der Waals surface area contributed by atoms with Gasteiger partial charge in [0.2, 0.25) is 0 Å². The van der Waals surface area contributed by atoms with Crippen molar-refractivity contribution >= 4 is 35.2 Å². The normalized spacial score (nSPS) is 13.7. The number of aliphatic hydroxyl groups is 2. The first-order valence-electron chi connectivity index (χ1n) is 7.77. The fourth-order valence-corrected chi connectivity index (χ4v) is 3.03. The molecule has 0 aliphatic heterocycles. The molecule has 2 aromatic rings. The molecule has 0 radical (unpaired) electrons. The van der Waals surface area contributed by atoms with Crippen molar-refractivity contribution < 1.29 is 24.5 Å². The fraction of sp³-hybridized carbons (Fsp3) is 0.211. The lowest BCUT2D eigenvalue weighted by atomic mass is 9.98. The van der Waals surface area contributed by atoms with Gasteiger partial charge in [-0.25, -0.2) is 4.39 Å². The third-order valence-electron chi connectivity index (χ3n) is 3.66. The maximum Gasteiger partial charge on any atom is 0.305 e. The molecule has 0 heterocycles. The third-order valence-corrected chi connectivity index (χ3v) is 4.19. The number of halogens is 3. The van der Waals surface area contributed by atoms with Crippen LogP contribution in [0.3, 0.4) is 0 Å². The number of hydrogen-bond donors (Lipinski definition) is 3. The molecule has 0 unspecified atom stereocenters. The molecule has 0 aliphatic rings. The largest absolute Gasteiger partial charge is 0.481 e. The SMILES string of the molecule is O=C(O)C[C@H](O)C[C@H](O)/C=C/c1c(Cl)cc(Cl)cc1-c1ccc(F)cc1. The molecule has 26 heavy (non-hydrogen) atoms. The Morgan fingerprint density at radius 1 is 1.15 bits per heavy atom. The van der Waals surface area contributed by atoms with Crippen LogP contribution in [-0.2, 0) is 4.79 Å². The Morgan fingerprint density at radius 3 is 2.42 bits per heavy atom. The Bertz CT molecular complexity index is 806. The number of carboxylic acid groups (broad SMARTS) is 1. The first kappa shape index (κ1) is 20.4. The van der Waals surface area contributed by atoms with Gasteiger partial charge in [-0.15, -0.1) is 0 Å². The molecule has 0 amide bonds. The van der Waals surface area contributed by atoms with E-state index in [1.807, 2.05) is 0 Å². The molecular weight excluding hydrogens is 382 g/mol. The highest BCUT2D eigenvalue weighted by Crippen LogP contribution is 2.34. The zero-order valence-corrected chi connectivity index (χ0v) is 15.1. The molecule has 0 aromatic heterocycles. The summed E-state index contributed by atoms with van der Waals surface area (Å²) in [5.41, 5.74) is 1.90.